The zero-order valence-corrected chi connectivity index (χ0v) is 9.63. The summed E-state index contributed by atoms with van der Waals surface area (Å²) >= 11 is 5.76. The first-order valence-electron chi connectivity index (χ1n) is 5.05. The Balaban J connectivity index is 2.11. The van der Waals surface area contributed by atoms with Crippen molar-refractivity contribution < 1.29 is 14.8 Å². The minimum absolute atomic E-state index is 0.424. The normalized spacial score (nSPS) is 10.1. The summed E-state index contributed by atoms with van der Waals surface area (Å²) in [6, 6.07) is 13.5. The van der Waals surface area contributed by atoms with Gasteiger partial charge in [0.1, 0.15) is 11.5 Å². The van der Waals surface area contributed by atoms with Crippen molar-refractivity contribution in [2.24, 2.45) is 0 Å². The molecule has 2 rings (SSSR count). The maximum atomic E-state index is 8.93. The Kier molecular flexibility index (Phi) is 3.69. The summed E-state index contributed by atoms with van der Waals surface area (Å²) in [5.41, 5.74) is 0.424. The first-order valence-corrected chi connectivity index (χ1v) is 5.42. The quantitative estimate of drug-likeness (QED) is 0.815. The Bertz CT molecular complexity index is 482. The van der Waals surface area contributed by atoms with E-state index in [-0.39, 0.29) is 0 Å². The molecule has 86 valence electrons. The Labute approximate surface area is 104 Å². The summed E-state index contributed by atoms with van der Waals surface area (Å²) < 4.78 is 5.55. The highest BCUT2D eigenvalue weighted by Gasteiger charge is 2.09. The van der Waals surface area contributed by atoms with Crippen LogP contribution in [0.5, 0.6) is 11.5 Å². The predicted molar refractivity (Wildman–Crippen MR) is 67.8 cm³/mol. The number of benzene rings is 2. The van der Waals surface area contributed by atoms with Gasteiger partial charge >= 0.3 is 7.12 Å². The highest BCUT2D eigenvalue weighted by molar-refractivity contribution is 6.58. The lowest BCUT2D eigenvalue weighted by Crippen LogP contribution is -2.29. The van der Waals surface area contributed by atoms with Crippen molar-refractivity contribution in [3.05, 3.63) is 53.6 Å². The van der Waals surface area contributed by atoms with Crippen molar-refractivity contribution in [2.75, 3.05) is 0 Å². The lowest BCUT2D eigenvalue weighted by Gasteiger charge is -2.06. The second-order valence-corrected chi connectivity index (χ2v) is 3.94. The third kappa shape index (κ3) is 3.23. The molecule has 3 nitrogen and oxygen atoms in total. The van der Waals surface area contributed by atoms with Crippen LogP contribution in [0.15, 0.2) is 48.5 Å². The van der Waals surface area contributed by atoms with Gasteiger partial charge in [0.25, 0.3) is 0 Å². The molecule has 0 aliphatic rings. The van der Waals surface area contributed by atoms with Gasteiger partial charge in [0.2, 0.25) is 0 Å². The summed E-state index contributed by atoms with van der Waals surface area (Å²) in [5, 5.41) is 18.5. The highest BCUT2D eigenvalue weighted by Crippen LogP contribution is 2.22. The molecule has 0 atom stereocenters. The molecule has 2 N–H and O–H groups in total. The van der Waals surface area contributed by atoms with Gasteiger partial charge in [0, 0.05) is 5.02 Å². The minimum atomic E-state index is -1.46. The van der Waals surface area contributed by atoms with Gasteiger partial charge in [-0.25, -0.2) is 0 Å². The monoisotopic (exact) mass is 248 g/mol. The van der Waals surface area contributed by atoms with Crippen molar-refractivity contribution in [1.82, 2.24) is 0 Å². The Morgan fingerprint density at radius 2 is 1.29 bits per heavy atom. The molecule has 0 aromatic heterocycles. The Morgan fingerprint density at radius 3 is 1.76 bits per heavy atom. The van der Waals surface area contributed by atoms with Crippen LogP contribution in [-0.4, -0.2) is 17.2 Å². The minimum Gasteiger partial charge on any atom is -0.457 e. The lowest BCUT2D eigenvalue weighted by molar-refractivity contribution is 0.425. The second-order valence-electron chi connectivity index (χ2n) is 3.50. The molecule has 0 saturated carbocycles. The maximum absolute atomic E-state index is 8.93. The third-order valence-electron chi connectivity index (χ3n) is 2.23. The van der Waals surface area contributed by atoms with Gasteiger partial charge in [0.05, 0.1) is 0 Å². The van der Waals surface area contributed by atoms with Gasteiger partial charge in [-0.2, -0.15) is 0 Å². The van der Waals surface area contributed by atoms with Gasteiger partial charge in [0.15, 0.2) is 0 Å². The lowest BCUT2D eigenvalue weighted by atomic mass is 9.80. The number of ether oxygens (including phenoxy) is 1. The van der Waals surface area contributed by atoms with E-state index >= 15 is 0 Å². The zero-order valence-electron chi connectivity index (χ0n) is 8.88. The molecule has 5 heteroatoms. The second kappa shape index (κ2) is 5.23. The molecule has 0 unspecified atom stereocenters. The largest absolute Gasteiger partial charge is 0.488 e. The first-order chi connectivity index (χ1) is 8.15. The van der Waals surface area contributed by atoms with Crippen molar-refractivity contribution in [3.63, 3.8) is 0 Å². The van der Waals surface area contributed by atoms with Crippen LogP contribution >= 0.6 is 11.6 Å². The fraction of sp³-hybridized carbons (Fsp3) is 0. The van der Waals surface area contributed by atoms with Crippen LogP contribution in [-0.2, 0) is 0 Å². The molecular weight excluding hydrogens is 238 g/mol. The van der Waals surface area contributed by atoms with E-state index in [4.69, 9.17) is 26.4 Å². The van der Waals surface area contributed by atoms with Crippen molar-refractivity contribution in [2.45, 2.75) is 0 Å². The number of hydrogen-bond donors (Lipinski definition) is 2. The van der Waals surface area contributed by atoms with Gasteiger partial charge in [-0.05, 0) is 41.9 Å². The summed E-state index contributed by atoms with van der Waals surface area (Å²) in [6.45, 7) is 0. The van der Waals surface area contributed by atoms with Crippen molar-refractivity contribution in [1.29, 1.82) is 0 Å². The van der Waals surface area contributed by atoms with E-state index in [0.717, 1.165) is 0 Å². The number of rotatable bonds is 3. The molecule has 2 aromatic rings. The molecule has 0 spiro atoms. The molecule has 0 aliphatic carbocycles. The fourth-order valence-corrected chi connectivity index (χ4v) is 1.47. The Hall–Kier alpha value is -1.49. The van der Waals surface area contributed by atoms with E-state index in [1.165, 1.54) is 0 Å². The smallest absolute Gasteiger partial charge is 0.457 e. The highest BCUT2D eigenvalue weighted by atomic mass is 35.5. The van der Waals surface area contributed by atoms with E-state index in [9.17, 15) is 0 Å². The van der Waals surface area contributed by atoms with Crippen molar-refractivity contribution >= 4 is 24.2 Å². The summed E-state index contributed by atoms with van der Waals surface area (Å²) in [5.74, 6) is 1.29. The molecule has 0 bridgehead atoms. The molecule has 17 heavy (non-hydrogen) atoms. The van der Waals surface area contributed by atoms with Gasteiger partial charge < -0.3 is 14.8 Å². The maximum Gasteiger partial charge on any atom is 0.488 e. The molecule has 0 heterocycles. The molecule has 2 aromatic carbocycles. The average molecular weight is 248 g/mol. The topological polar surface area (TPSA) is 49.7 Å². The Morgan fingerprint density at radius 1 is 0.824 bits per heavy atom. The van der Waals surface area contributed by atoms with E-state index in [0.29, 0.717) is 22.0 Å². The van der Waals surface area contributed by atoms with Crippen molar-refractivity contribution in [3.8, 4) is 11.5 Å². The molecule has 0 amide bonds. The summed E-state index contributed by atoms with van der Waals surface area (Å²) in [7, 11) is -1.46. The van der Waals surface area contributed by atoms with Gasteiger partial charge in [-0.3, -0.25) is 0 Å². The van der Waals surface area contributed by atoms with Crippen LogP contribution in [0.1, 0.15) is 0 Å². The third-order valence-corrected chi connectivity index (χ3v) is 2.48. The van der Waals surface area contributed by atoms with Crippen LogP contribution in [0, 0.1) is 0 Å². The van der Waals surface area contributed by atoms with E-state index in [1.807, 2.05) is 0 Å². The number of hydrogen-bond acceptors (Lipinski definition) is 3. The molecule has 0 aliphatic heterocycles. The van der Waals surface area contributed by atoms with E-state index in [2.05, 4.69) is 0 Å². The molecule has 0 radical (unpaired) electrons. The number of halogens is 1. The average Bonchev–Trinajstić information content (AvgIpc) is 2.33. The van der Waals surface area contributed by atoms with Gasteiger partial charge in [-0.1, -0.05) is 23.7 Å². The predicted octanol–water partition coefficient (Wildman–Crippen LogP) is 1.81. The molecular formula is C12H10BClO3. The van der Waals surface area contributed by atoms with Crippen LogP contribution in [0.4, 0.5) is 0 Å². The summed E-state index contributed by atoms with van der Waals surface area (Å²) in [6.07, 6.45) is 0. The zero-order chi connectivity index (χ0) is 12.3. The van der Waals surface area contributed by atoms with Crippen LogP contribution < -0.4 is 10.2 Å². The molecule has 0 fully saturated rings. The van der Waals surface area contributed by atoms with E-state index in [1.54, 1.807) is 48.5 Å². The first kappa shape index (κ1) is 12.0. The van der Waals surface area contributed by atoms with Crippen LogP contribution in [0.3, 0.4) is 0 Å². The van der Waals surface area contributed by atoms with E-state index < -0.39 is 7.12 Å². The summed E-state index contributed by atoms with van der Waals surface area (Å²) in [4.78, 5) is 0. The van der Waals surface area contributed by atoms with Crippen LogP contribution in [0.2, 0.25) is 5.02 Å². The fourth-order valence-electron chi connectivity index (χ4n) is 1.35. The van der Waals surface area contributed by atoms with Gasteiger partial charge in [-0.15, -0.1) is 0 Å². The SMILES string of the molecule is OB(O)c1ccc(Oc2ccc(Cl)cc2)cc1. The standard InChI is InChI=1S/C12H10BClO3/c14-10-3-7-12(8-4-10)17-11-5-1-9(2-6-11)13(15)16/h1-8,15-16H. The molecule has 0 saturated heterocycles. The van der Waals surface area contributed by atoms with Crippen LogP contribution in [0.25, 0.3) is 0 Å².